The molecule has 1 fully saturated rings. The van der Waals surface area contributed by atoms with Crippen LogP contribution in [0.1, 0.15) is 19.3 Å². The van der Waals surface area contributed by atoms with E-state index in [-0.39, 0.29) is 11.7 Å². The van der Waals surface area contributed by atoms with Gasteiger partial charge in [0.2, 0.25) is 5.91 Å². The van der Waals surface area contributed by atoms with E-state index >= 15 is 0 Å². The minimum atomic E-state index is -0.322. The van der Waals surface area contributed by atoms with E-state index in [1.807, 2.05) is 44.4 Å². The number of hydrogen-bond acceptors (Lipinski definition) is 8. The molecule has 1 aliphatic heterocycles. The fourth-order valence-electron chi connectivity index (χ4n) is 6.14. The van der Waals surface area contributed by atoms with E-state index in [1.54, 1.807) is 24.8 Å². The average Bonchev–Trinajstić information content (AvgIpc) is 3.69. The van der Waals surface area contributed by atoms with Crippen molar-refractivity contribution < 1.29 is 9.18 Å². The molecular weight excluding hydrogens is 595 g/mol. The molecule has 0 unspecified atom stereocenters. The highest BCUT2D eigenvalue weighted by Gasteiger charge is 2.19. The van der Waals surface area contributed by atoms with Gasteiger partial charge in [-0.1, -0.05) is 0 Å². The van der Waals surface area contributed by atoms with Gasteiger partial charge in [0, 0.05) is 54.1 Å². The van der Waals surface area contributed by atoms with Gasteiger partial charge in [-0.05, 0) is 94.0 Å². The lowest BCUT2D eigenvalue weighted by molar-refractivity contribution is -0.117. The fourth-order valence-corrected chi connectivity index (χ4v) is 6.14. The highest BCUT2D eigenvalue weighted by atomic mass is 19.1. The Morgan fingerprint density at radius 2 is 1.79 bits per heavy atom. The third-order valence-corrected chi connectivity index (χ3v) is 8.56. The van der Waals surface area contributed by atoms with E-state index in [2.05, 4.69) is 46.0 Å². The predicted octanol–water partition coefficient (Wildman–Crippen LogP) is 5.67. The zero-order valence-corrected chi connectivity index (χ0v) is 26.4. The van der Waals surface area contributed by atoms with E-state index in [0.29, 0.717) is 47.2 Å². The number of carbonyl (C=O) groups excluding carboxylic acids is 1. The minimum absolute atomic E-state index is 0.000827. The van der Waals surface area contributed by atoms with Crippen molar-refractivity contribution in [3.8, 4) is 33.8 Å². The van der Waals surface area contributed by atoms with Crippen LogP contribution in [-0.2, 0) is 4.79 Å². The number of rotatable bonds is 10. The van der Waals surface area contributed by atoms with Crippen LogP contribution in [0.4, 0.5) is 15.8 Å². The molecule has 0 bridgehead atoms. The van der Waals surface area contributed by atoms with Crippen LogP contribution >= 0.6 is 0 Å². The predicted molar refractivity (Wildman–Crippen MR) is 183 cm³/mol. The first-order valence-corrected chi connectivity index (χ1v) is 15.9. The van der Waals surface area contributed by atoms with Gasteiger partial charge in [-0.15, -0.1) is 0 Å². The maximum Gasteiger partial charge on any atom is 0.224 e. The Morgan fingerprint density at radius 1 is 0.957 bits per heavy atom. The molecule has 5 N–H and O–H groups in total. The second kappa shape index (κ2) is 13.3. The average molecular weight is 633 g/mol. The van der Waals surface area contributed by atoms with Crippen molar-refractivity contribution in [3.63, 3.8) is 0 Å². The van der Waals surface area contributed by atoms with Crippen molar-refractivity contribution in [2.45, 2.75) is 19.3 Å². The molecule has 12 heteroatoms. The third-order valence-electron chi connectivity index (χ3n) is 8.56. The maximum absolute atomic E-state index is 14.7. The molecule has 47 heavy (non-hydrogen) atoms. The third kappa shape index (κ3) is 6.83. The van der Waals surface area contributed by atoms with Crippen molar-refractivity contribution in [1.82, 2.24) is 40.3 Å². The molecule has 0 radical (unpaired) electrons. The lowest BCUT2D eigenvalue weighted by Gasteiger charge is -2.21. The van der Waals surface area contributed by atoms with Gasteiger partial charge in [0.15, 0.2) is 0 Å². The van der Waals surface area contributed by atoms with E-state index < -0.39 is 0 Å². The molecule has 240 valence electrons. The van der Waals surface area contributed by atoms with Crippen LogP contribution in [0.3, 0.4) is 0 Å². The van der Waals surface area contributed by atoms with Crippen LogP contribution in [0.2, 0.25) is 0 Å². The van der Waals surface area contributed by atoms with Crippen molar-refractivity contribution in [2.75, 3.05) is 50.9 Å². The van der Waals surface area contributed by atoms with Gasteiger partial charge in [0.25, 0.3) is 0 Å². The Kier molecular flexibility index (Phi) is 8.60. The number of aromatic amines is 2. The second-order valence-corrected chi connectivity index (χ2v) is 12.4. The molecule has 1 saturated heterocycles. The number of benzene rings is 1. The molecule has 0 aliphatic carbocycles. The van der Waals surface area contributed by atoms with E-state index in [4.69, 9.17) is 4.98 Å². The van der Waals surface area contributed by atoms with E-state index in [9.17, 15) is 9.18 Å². The van der Waals surface area contributed by atoms with Crippen LogP contribution < -0.4 is 16.0 Å². The number of aromatic nitrogens is 6. The first kappa shape index (κ1) is 30.5. The number of anilines is 2. The molecule has 6 heterocycles. The summed E-state index contributed by atoms with van der Waals surface area (Å²) >= 11 is 0. The molecule has 7 rings (SSSR count). The molecule has 11 nitrogen and oxygen atoms in total. The molecule has 6 aromatic rings. The van der Waals surface area contributed by atoms with Gasteiger partial charge in [0.05, 0.1) is 40.5 Å². The number of amides is 1. The number of H-pyrrole nitrogens is 2. The van der Waals surface area contributed by atoms with Crippen molar-refractivity contribution >= 4 is 39.2 Å². The molecular formula is C35H37FN10O. The zero-order valence-electron chi connectivity index (χ0n) is 26.4. The summed E-state index contributed by atoms with van der Waals surface area (Å²) in [6.07, 6.45) is 9.42. The molecule has 0 atom stereocenters. The van der Waals surface area contributed by atoms with Crippen molar-refractivity contribution in [2.24, 2.45) is 5.92 Å². The zero-order chi connectivity index (χ0) is 32.3. The Hall–Kier alpha value is -5.20. The largest absolute Gasteiger partial charge is 0.384 e. The summed E-state index contributed by atoms with van der Waals surface area (Å²) < 4.78 is 14.7. The monoisotopic (exact) mass is 632 g/mol. The molecule has 1 aromatic carbocycles. The Balaban J connectivity index is 1.16. The number of likely N-dealkylation sites (N-methyl/N-ethyl adjacent to an activating group) is 1. The minimum Gasteiger partial charge on any atom is -0.384 e. The summed E-state index contributed by atoms with van der Waals surface area (Å²) in [5.41, 5.74) is 8.02. The van der Waals surface area contributed by atoms with Crippen LogP contribution in [0.25, 0.3) is 55.7 Å². The highest BCUT2D eigenvalue weighted by molar-refractivity contribution is 6.00. The van der Waals surface area contributed by atoms with Gasteiger partial charge in [-0.2, -0.15) is 5.10 Å². The van der Waals surface area contributed by atoms with Crippen molar-refractivity contribution in [3.05, 3.63) is 73.1 Å². The SMILES string of the molecule is CN(C)CCNc1cc(F)cc(-c2cncc3[nH]c(-c4n[nH]c5ccc(-c6cncc(NC(=O)CC7CCNCC7)c6)nc45)cc23)c1. The Bertz CT molecular complexity index is 2050. The highest BCUT2D eigenvalue weighted by Crippen LogP contribution is 2.35. The number of carbonyl (C=O) groups is 1. The van der Waals surface area contributed by atoms with Crippen LogP contribution in [-0.4, -0.2) is 81.2 Å². The molecule has 5 aromatic heterocycles. The number of nitrogens with one attached hydrogen (secondary N) is 5. The van der Waals surface area contributed by atoms with Gasteiger partial charge in [0.1, 0.15) is 17.0 Å². The number of halogens is 1. The molecule has 0 saturated carbocycles. The van der Waals surface area contributed by atoms with E-state index in [0.717, 1.165) is 71.3 Å². The quantitative estimate of drug-likeness (QED) is 0.130. The van der Waals surface area contributed by atoms with E-state index in [1.165, 1.54) is 12.1 Å². The van der Waals surface area contributed by atoms with Crippen LogP contribution in [0.5, 0.6) is 0 Å². The number of fused-ring (bicyclic) bond motifs is 2. The lowest BCUT2D eigenvalue weighted by Crippen LogP contribution is -2.30. The maximum atomic E-state index is 14.7. The molecule has 0 spiro atoms. The van der Waals surface area contributed by atoms with Gasteiger partial charge in [-0.25, -0.2) is 9.37 Å². The number of piperidine rings is 1. The fraction of sp³-hybridized carbons (Fsp3) is 0.286. The van der Waals surface area contributed by atoms with Crippen molar-refractivity contribution in [1.29, 1.82) is 0 Å². The summed E-state index contributed by atoms with van der Waals surface area (Å²) in [7, 11) is 4.00. The number of nitrogens with zero attached hydrogens (tertiary/aromatic N) is 5. The molecule has 1 aliphatic rings. The van der Waals surface area contributed by atoms with Crippen LogP contribution in [0.15, 0.2) is 67.3 Å². The lowest BCUT2D eigenvalue weighted by atomic mass is 9.94. The first-order valence-electron chi connectivity index (χ1n) is 15.9. The summed E-state index contributed by atoms with van der Waals surface area (Å²) in [6.45, 7) is 3.44. The number of pyridine rings is 3. The van der Waals surface area contributed by atoms with Crippen LogP contribution in [0, 0.1) is 11.7 Å². The van der Waals surface area contributed by atoms with Gasteiger partial charge in [-0.3, -0.25) is 19.9 Å². The normalized spacial score (nSPS) is 13.9. The first-order chi connectivity index (χ1) is 22.9. The summed E-state index contributed by atoms with van der Waals surface area (Å²) in [4.78, 5) is 32.0. The summed E-state index contributed by atoms with van der Waals surface area (Å²) in [6, 6.07) is 12.7. The number of hydrogen-bond donors (Lipinski definition) is 5. The topological polar surface area (TPSA) is 140 Å². The van der Waals surface area contributed by atoms with Gasteiger partial charge >= 0.3 is 0 Å². The standard InChI is InChI=1S/C35H37FN10O/c1-46(2)10-9-40-25-13-22(12-24(36)15-25)28-19-39-20-32-27(28)16-31(42-32)35-34-30(44-45-35)4-3-29(43-34)23-14-26(18-38-17-23)41-33(47)11-21-5-7-37-8-6-21/h3-4,12-21,37,40,42H,5-11H2,1-2H3,(H,41,47)(H,44,45). The molecule has 1 amide bonds. The van der Waals surface area contributed by atoms with Gasteiger partial charge < -0.3 is 25.8 Å². The summed E-state index contributed by atoms with van der Waals surface area (Å²) in [5.74, 6) is 0.0746. The Labute approximate surface area is 271 Å². The Morgan fingerprint density at radius 3 is 2.64 bits per heavy atom. The summed E-state index contributed by atoms with van der Waals surface area (Å²) in [5, 5.41) is 18.2. The smallest absolute Gasteiger partial charge is 0.224 e. The second-order valence-electron chi connectivity index (χ2n) is 12.4.